The lowest BCUT2D eigenvalue weighted by atomic mass is 10.2. The van der Waals surface area contributed by atoms with Gasteiger partial charge in [-0.2, -0.15) is 5.10 Å². The van der Waals surface area contributed by atoms with Gasteiger partial charge < -0.3 is 10.4 Å². The Bertz CT molecular complexity index is 293. The molecule has 1 aromatic rings. The van der Waals surface area contributed by atoms with Gasteiger partial charge >= 0.3 is 0 Å². The number of aromatic nitrogens is 2. The van der Waals surface area contributed by atoms with Crippen molar-refractivity contribution in [1.29, 1.82) is 0 Å². The van der Waals surface area contributed by atoms with Gasteiger partial charge in [-0.3, -0.25) is 9.89 Å². The molecule has 0 spiro atoms. The molecule has 1 rings (SSSR count). The van der Waals surface area contributed by atoms with E-state index in [1.165, 1.54) is 6.20 Å². The van der Waals surface area contributed by atoms with Crippen molar-refractivity contribution in [2.75, 3.05) is 0 Å². The Morgan fingerprint density at radius 1 is 1.77 bits per heavy atom. The summed E-state index contributed by atoms with van der Waals surface area (Å²) in [6.07, 6.45) is 1.48. The molecular weight excluding hydrogens is 170 g/mol. The molecular formula is C8H13N3O2. The van der Waals surface area contributed by atoms with E-state index < -0.39 is 0 Å². The number of rotatable bonds is 3. The van der Waals surface area contributed by atoms with Gasteiger partial charge in [0.1, 0.15) is 5.69 Å². The van der Waals surface area contributed by atoms with Crippen LogP contribution in [0.5, 0.6) is 0 Å². The van der Waals surface area contributed by atoms with Crippen molar-refractivity contribution >= 4 is 5.91 Å². The second-order valence-electron chi connectivity index (χ2n) is 3.03. The van der Waals surface area contributed by atoms with Crippen molar-refractivity contribution in [3.05, 3.63) is 17.5 Å². The highest BCUT2D eigenvalue weighted by molar-refractivity contribution is 5.95. The lowest BCUT2D eigenvalue weighted by Gasteiger charge is -2.06. The molecule has 0 aliphatic heterocycles. The van der Waals surface area contributed by atoms with E-state index in [1.807, 2.05) is 13.8 Å². The lowest BCUT2D eigenvalue weighted by Crippen LogP contribution is -2.30. The molecule has 0 aliphatic rings. The number of nitrogens with one attached hydrogen (secondary N) is 2. The highest BCUT2D eigenvalue weighted by Gasteiger charge is 2.13. The average Bonchev–Trinajstić information content (AvgIpc) is 2.49. The summed E-state index contributed by atoms with van der Waals surface area (Å²) in [5.41, 5.74) is 0.773. The van der Waals surface area contributed by atoms with Crippen molar-refractivity contribution in [2.45, 2.75) is 26.5 Å². The molecule has 1 amide bonds. The fourth-order valence-electron chi connectivity index (χ4n) is 0.975. The predicted molar refractivity (Wildman–Crippen MR) is 47.1 cm³/mol. The smallest absolute Gasteiger partial charge is 0.255 e. The van der Waals surface area contributed by atoms with Gasteiger partial charge in [0.15, 0.2) is 0 Å². The zero-order valence-corrected chi connectivity index (χ0v) is 7.66. The number of aliphatic hydroxyl groups is 1. The molecule has 0 fully saturated rings. The fraction of sp³-hybridized carbons (Fsp3) is 0.500. The largest absolute Gasteiger partial charge is 0.390 e. The summed E-state index contributed by atoms with van der Waals surface area (Å²) in [5.74, 6) is -0.215. The van der Waals surface area contributed by atoms with Gasteiger partial charge in [-0.25, -0.2) is 0 Å². The number of aliphatic hydroxyl groups excluding tert-OH is 1. The van der Waals surface area contributed by atoms with Crippen LogP contribution < -0.4 is 5.32 Å². The molecule has 0 radical (unpaired) electrons. The van der Waals surface area contributed by atoms with Gasteiger partial charge in [-0.15, -0.1) is 0 Å². The quantitative estimate of drug-likeness (QED) is 0.619. The summed E-state index contributed by atoms with van der Waals surface area (Å²) in [6.45, 7) is 3.51. The maximum atomic E-state index is 11.4. The van der Waals surface area contributed by atoms with Crippen molar-refractivity contribution in [3.63, 3.8) is 0 Å². The molecule has 0 saturated carbocycles. The van der Waals surface area contributed by atoms with Crippen LogP contribution in [0.3, 0.4) is 0 Å². The summed E-state index contributed by atoms with van der Waals surface area (Å²) in [7, 11) is 0. The van der Waals surface area contributed by atoms with Crippen molar-refractivity contribution in [2.24, 2.45) is 0 Å². The first kappa shape index (κ1) is 9.73. The molecule has 0 saturated heterocycles. The zero-order valence-electron chi connectivity index (χ0n) is 7.66. The van der Waals surface area contributed by atoms with Crippen LogP contribution in [0.4, 0.5) is 0 Å². The van der Waals surface area contributed by atoms with E-state index in [2.05, 4.69) is 15.5 Å². The van der Waals surface area contributed by atoms with Crippen LogP contribution in [0.25, 0.3) is 0 Å². The topological polar surface area (TPSA) is 78.0 Å². The number of aromatic amines is 1. The van der Waals surface area contributed by atoms with Crippen molar-refractivity contribution < 1.29 is 9.90 Å². The number of carbonyl (C=O) groups excluding carboxylic acids is 1. The Labute approximate surface area is 76.2 Å². The molecule has 0 atom stereocenters. The molecule has 1 heterocycles. The Kier molecular flexibility index (Phi) is 3.02. The van der Waals surface area contributed by atoms with E-state index in [0.29, 0.717) is 11.3 Å². The first-order chi connectivity index (χ1) is 6.15. The molecule has 5 nitrogen and oxygen atoms in total. The normalized spacial score (nSPS) is 10.5. The fourth-order valence-corrected chi connectivity index (χ4v) is 0.975. The molecule has 5 heteroatoms. The summed E-state index contributed by atoms with van der Waals surface area (Å²) >= 11 is 0. The summed E-state index contributed by atoms with van der Waals surface area (Å²) < 4.78 is 0. The number of amides is 1. The Hall–Kier alpha value is -1.36. The molecule has 1 aromatic heterocycles. The number of hydrogen-bond donors (Lipinski definition) is 3. The second kappa shape index (κ2) is 4.04. The van der Waals surface area contributed by atoms with E-state index in [1.54, 1.807) is 0 Å². The first-order valence-electron chi connectivity index (χ1n) is 4.09. The van der Waals surface area contributed by atoms with Crippen LogP contribution in [-0.4, -0.2) is 27.3 Å². The van der Waals surface area contributed by atoms with Crippen molar-refractivity contribution in [1.82, 2.24) is 15.5 Å². The number of hydrogen-bond acceptors (Lipinski definition) is 3. The number of nitrogens with zero attached hydrogens (tertiary/aromatic N) is 1. The third kappa shape index (κ3) is 2.29. The number of carbonyl (C=O) groups is 1. The molecule has 3 N–H and O–H groups in total. The van der Waals surface area contributed by atoms with E-state index >= 15 is 0 Å². The average molecular weight is 183 g/mol. The van der Waals surface area contributed by atoms with Crippen LogP contribution in [0.15, 0.2) is 6.20 Å². The standard InChI is InChI=1S/C8H13N3O2/c1-5(2)10-8(13)6-3-9-11-7(6)4-12/h3,5,12H,4H2,1-2H3,(H,9,11)(H,10,13). The molecule has 0 unspecified atom stereocenters. The van der Waals surface area contributed by atoms with Crippen LogP contribution in [0.2, 0.25) is 0 Å². The third-order valence-corrected chi connectivity index (χ3v) is 1.53. The van der Waals surface area contributed by atoms with E-state index in [4.69, 9.17) is 5.11 Å². The minimum Gasteiger partial charge on any atom is -0.390 e. The van der Waals surface area contributed by atoms with E-state index in [0.717, 1.165) is 0 Å². The first-order valence-corrected chi connectivity index (χ1v) is 4.09. The number of H-pyrrole nitrogens is 1. The van der Waals surface area contributed by atoms with Gasteiger partial charge in [-0.05, 0) is 13.8 Å². The van der Waals surface area contributed by atoms with Gasteiger partial charge in [-0.1, -0.05) is 0 Å². The van der Waals surface area contributed by atoms with E-state index in [9.17, 15) is 4.79 Å². The molecule has 72 valence electrons. The minimum absolute atomic E-state index is 0.0777. The van der Waals surface area contributed by atoms with Gasteiger partial charge in [0.2, 0.25) is 0 Å². The minimum atomic E-state index is -0.232. The Balaban J connectivity index is 2.76. The maximum absolute atomic E-state index is 11.4. The van der Waals surface area contributed by atoms with E-state index in [-0.39, 0.29) is 18.6 Å². The van der Waals surface area contributed by atoms with Gasteiger partial charge in [0, 0.05) is 12.2 Å². The molecule has 0 aliphatic carbocycles. The zero-order chi connectivity index (χ0) is 9.84. The van der Waals surface area contributed by atoms with Crippen LogP contribution in [0, 0.1) is 0 Å². The van der Waals surface area contributed by atoms with Gasteiger partial charge in [0.25, 0.3) is 5.91 Å². The maximum Gasteiger partial charge on any atom is 0.255 e. The SMILES string of the molecule is CC(C)NC(=O)c1c[nH]nc1CO. The second-order valence-corrected chi connectivity index (χ2v) is 3.03. The highest BCUT2D eigenvalue weighted by Crippen LogP contribution is 2.04. The highest BCUT2D eigenvalue weighted by atomic mass is 16.3. The summed E-state index contributed by atoms with van der Waals surface area (Å²) in [5, 5.41) is 17.8. The Morgan fingerprint density at radius 2 is 2.46 bits per heavy atom. The molecule has 0 bridgehead atoms. The molecule has 0 aromatic carbocycles. The Morgan fingerprint density at radius 3 is 3.00 bits per heavy atom. The summed E-state index contributed by atoms with van der Waals surface area (Å²) in [6, 6.07) is 0.0777. The lowest BCUT2D eigenvalue weighted by molar-refractivity contribution is 0.0940. The van der Waals surface area contributed by atoms with Crippen LogP contribution in [0.1, 0.15) is 29.9 Å². The van der Waals surface area contributed by atoms with Crippen LogP contribution >= 0.6 is 0 Å². The summed E-state index contributed by atoms with van der Waals surface area (Å²) in [4.78, 5) is 11.4. The third-order valence-electron chi connectivity index (χ3n) is 1.53. The van der Waals surface area contributed by atoms with Crippen molar-refractivity contribution in [3.8, 4) is 0 Å². The molecule has 13 heavy (non-hydrogen) atoms. The monoisotopic (exact) mass is 183 g/mol. The van der Waals surface area contributed by atoms with Gasteiger partial charge in [0.05, 0.1) is 12.2 Å². The van der Waals surface area contributed by atoms with Crippen LogP contribution in [-0.2, 0) is 6.61 Å². The predicted octanol–water partition coefficient (Wildman–Crippen LogP) is 0.0402.